The van der Waals surface area contributed by atoms with Crippen molar-refractivity contribution in [3.05, 3.63) is 46.7 Å². The van der Waals surface area contributed by atoms with Gasteiger partial charge >= 0.3 is 5.97 Å². The van der Waals surface area contributed by atoms with Crippen molar-refractivity contribution in [2.75, 3.05) is 0 Å². The van der Waals surface area contributed by atoms with Gasteiger partial charge in [0.1, 0.15) is 5.76 Å². The molecule has 19 heavy (non-hydrogen) atoms. The molecule has 0 spiro atoms. The van der Waals surface area contributed by atoms with Crippen molar-refractivity contribution in [1.29, 1.82) is 0 Å². The van der Waals surface area contributed by atoms with E-state index in [1.54, 1.807) is 0 Å². The largest absolute Gasteiger partial charge is 0.431 e. The highest BCUT2D eigenvalue weighted by molar-refractivity contribution is 6.00. The van der Waals surface area contributed by atoms with E-state index in [4.69, 9.17) is 4.74 Å². The van der Waals surface area contributed by atoms with E-state index in [1.807, 2.05) is 31.2 Å². The molecule has 0 aromatic heterocycles. The zero-order valence-corrected chi connectivity index (χ0v) is 10.9. The molecule has 3 heteroatoms. The van der Waals surface area contributed by atoms with Crippen molar-refractivity contribution >= 4 is 11.8 Å². The summed E-state index contributed by atoms with van der Waals surface area (Å²) in [5, 5.41) is 0. The van der Waals surface area contributed by atoms with Crippen LogP contribution in [0, 0.1) is 6.92 Å². The fraction of sp³-hybridized carbons (Fsp3) is 0.375. The van der Waals surface area contributed by atoms with E-state index in [0.717, 1.165) is 17.6 Å². The van der Waals surface area contributed by atoms with E-state index in [-0.39, 0.29) is 24.1 Å². The van der Waals surface area contributed by atoms with Crippen LogP contribution in [0.25, 0.3) is 0 Å². The summed E-state index contributed by atoms with van der Waals surface area (Å²) in [7, 11) is 0. The Balaban J connectivity index is 2.05. The van der Waals surface area contributed by atoms with Gasteiger partial charge in [0, 0.05) is 24.3 Å². The molecule has 1 unspecified atom stereocenters. The third-order valence-electron chi connectivity index (χ3n) is 3.84. The van der Waals surface area contributed by atoms with Crippen LogP contribution in [0.5, 0.6) is 0 Å². The van der Waals surface area contributed by atoms with Gasteiger partial charge in [-0.15, -0.1) is 0 Å². The fourth-order valence-electron chi connectivity index (χ4n) is 2.86. The lowest BCUT2D eigenvalue weighted by molar-refractivity contribution is -0.142. The molecular weight excluding hydrogens is 240 g/mol. The average molecular weight is 256 g/mol. The number of benzene rings is 1. The van der Waals surface area contributed by atoms with Crippen LogP contribution in [-0.4, -0.2) is 11.8 Å². The normalized spacial score (nSPS) is 23.1. The van der Waals surface area contributed by atoms with Crippen LogP contribution >= 0.6 is 0 Å². The Morgan fingerprint density at radius 1 is 1.11 bits per heavy atom. The monoisotopic (exact) mass is 256 g/mol. The van der Waals surface area contributed by atoms with Crippen molar-refractivity contribution in [2.45, 2.75) is 38.5 Å². The first kappa shape index (κ1) is 12.2. The Kier molecular flexibility index (Phi) is 2.97. The second-order valence-corrected chi connectivity index (χ2v) is 5.26. The Morgan fingerprint density at radius 2 is 1.84 bits per heavy atom. The average Bonchev–Trinajstić information content (AvgIpc) is 2.38. The van der Waals surface area contributed by atoms with E-state index in [9.17, 15) is 9.59 Å². The highest BCUT2D eigenvalue weighted by Crippen LogP contribution is 2.40. The molecule has 1 aliphatic heterocycles. The molecule has 0 bridgehead atoms. The molecule has 2 aliphatic rings. The van der Waals surface area contributed by atoms with Gasteiger partial charge in [-0.05, 0) is 18.9 Å². The highest BCUT2D eigenvalue weighted by atomic mass is 16.5. The Bertz CT molecular complexity index is 566. The van der Waals surface area contributed by atoms with Gasteiger partial charge in [0.05, 0.1) is 6.42 Å². The van der Waals surface area contributed by atoms with Crippen LogP contribution in [0.1, 0.15) is 42.7 Å². The number of hydrogen-bond acceptors (Lipinski definition) is 3. The molecule has 0 N–H and O–H groups in total. The number of esters is 1. The minimum absolute atomic E-state index is 0.121. The van der Waals surface area contributed by atoms with Crippen LogP contribution in [-0.2, 0) is 14.3 Å². The number of aryl methyl sites for hydroxylation is 1. The number of carbonyl (C=O) groups excluding carboxylic acids is 2. The standard InChI is InChI=1S/C16H16O3/c1-10-5-7-11(8-6-10)12-9-15(18)19-14-4-2-3-13(17)16(12)14/h5-8,12H,2-4,9H2,1H3. The topological polar surface area (TPSA) is 43.4 Å². The third kappa shape index (κ3) is 2.21. The lowest BCUT2D eigenvalue weighted by Gasteiger charge is -2.29. The second kappa shape index (κ2) is 4.65. The number of carbonyl (C=O) groups is 2. The van der Waals surface area contributed by atoms with Crippen molar-refractivity contribution in [1.82, 2.24) is 0 Å². The van der Waals surface area contributed by atoms with Crippen molar-refractivity contribution < 1.29 is 14.3 Å². The summed E-state index contributed by atoms with van der Waals surface area (Å²) in [5.41, 5.74) is 2.94. The van der Waals surface area contributed by atoms with Gasteiger partial charge in [-0.1, -0.05) is 29.8 Å². The van der Waals surface area contributed by atoms with Crippen LogP contribution in [0.2, 0.25) is 0 Å². The molecule has 0 saturated heterocycles. The number of ether oxygens (including phenoxy) is 1. The van der Waals surface area contributed by atoms with Gasteiger partial charge in [-0.2, -0.15) is 0 Å². The van der Waals surface area contributed by atoms with E-state index >= 15 is 0 Å². The molecule has 1 aromatic rings. The summed E-state index contributed by atoms with van der Waals surface area (Å²) in [6, 6.07) is 8.04. The summed E-state index contributed by atoms with van der Waals surface area (Å²) in [6.45, 7) is 2.02. The Hall–Kier alpha value is -1.90. The number of rotatable bonds is 1. The third-order valence-corrected chi connectivity index (χ3v) is 3.84. The van der Waals surface area contributed by atoms with Gasteiger partial charge in [0.2, 0.25) is 0 Å². The molecule has 1 heterocycles. The summed E-state index contributed by atoms with van der Waals surface area (Å²) in [5.74, 6) is 0.404. The zero-order valence-electron chi connectivity index (χ0n) is 10.9. The first-order chi connectivity index (χ1) is 9.15. The number of allylic oxidation sites excluding steroid dienone is 2. The maximum absolute atomic E-state index is 12.1. The first-order valence-electron chi connectivity index (χ1n) is 6.68. The molecule has 3 nitrogen and oxygen atoms in total. The van der Waals surface area contributed by atoms with Gasteiger partial charge < -0.3 is 4.74 Å². The van der Waals surface area contributed by atoms with E-state index in [1.165, 1.54) is 5.56 Å². The molecule has 0 amide bonds. The minimum Gasteiger partial charge on any atom is -0.431 e. The van der Waals surface area contributed by atoms with Gasteiger partial charge in [-0.3, -0.25) is 9.59 Å². The molecule has 3 rings (SSSR count). The molecule has 1 aliphatic carbocycles. The van der Waals surface area contributed by atoms with Crippen LogP contribution < -0.4 is 0 Å². The molecule has 0 radical (unpaired) electrons. The minimum atomic E-state index is -0.223. The van der Waals surface area contributed by atoms with Crippen molar-refractivity contribution in [3.8, 4) is 0 Å². The smallest absolute Gasteiger partial charge is 0.311 e. The fourth-order valence-corrected chi connectivity index (χ4v) is 2.86. The molecule has 1 atom stereocenters. The summed E-state index contributed by atoms with van der Waals surface area (Å²) < 4.78 is 5.26. The highest BCUT2D eigenvalue weighted by Gasteiger charge is 2.36. The number of Topliss-reactive ketones (excluding diaryl/α,β-unsaturated/α-hetero) is 1. The van der Waals surface area contributed by atoms with Crippen molar-refractivity contribution in [2.24, 2.45) is 0 Å². The summed E-state index contributed by atoms with van der Waals surface area (Å²) in [4.78, 5) is 23.8. The van der Waals surface area contributed by atoms with E-state index in [0.29, 0.717) is 18.6 Å². The first-order valence-corrected chi connectivity index (χ1v) is 6.68. The maximum Gasteiger partial charge on any atom is 0.311 e. The van der Waals surface area contributed by atoms with Crippen LogP contribution in [0.3, 0.4) is 0 Å². The molecule has 98 valence electrons. The van der Waals surface area contributed by atoms with Crippen molar-refractivity contribution in [3.63, 3.8) is 0 Å². The van der Waals surface area contributed by atoms with Crippen LogP contribution in [0.4, 0.5) is 0 Å². The molecule has 0 saturated carbocycles. The second-order valence-electron chi connectivity index (χ2n) is 5.26. The van der Waals surface area contributed by atoms with Gasteiger partial charge in [0.15, 0.2) is 5.78 Å². The molecular formula is C16H16O3. The van der Waals surface area contributed by atoms with E-state index < -0.39 is 0 Å². The van der Waals surface area contributed by atoms with E-state index in [2.05, 4.69) is 0 Å². The van der Waals surface area contributed by atoms with Gasteiger partial charge in [-0.25, -0.2) is 0 Å². The maximum atomic E-state index is 12.1. The number of ketones is 1. The Labute approximate surface area is 112 Å². The summed E-state index contributed by atoms with van der Waals surface area (Å²) in [6.07, 6.45) is 2.33. The quantitative estimate of drug-likeness (QED) is 0.725. The van der Waals surface area contributed by atoms with Gasteiger partial charge in [0.25, 0.3) is 0 Å². The lowest BCUT2D eigenvalue weighted by atomic mass is 9.79. The summed E-state index contributed by atoms with van der Waals surface area (Å²) >= 11 is 0. The number of hydrogen-bond donors (Lipinski definition) is 0. The van der Waals surface area contributed by atoms with Crippen LogP contribution in [0.15, 0.2) is 35.6 Å². The Morgan fingerprint density at radius 3 is 2.58 bits per heavy atom. The molecule has 0 fully saturated rings. The zero-order chi connectivity index (χ0) is 13.4. The predicted octanol–water partition coefficient (Wildman–Crippen LogP) is 3.03. The predicted molar refractivity (Wildman–Crippen MR) is 70.5 cm³/mol. The lowest BCUT2D eigenvalue weighted by Crippen LogP contribution is -2.27. The SMILES string of the molecule is Cc1ccc(C2CC(=O)OC3=C2C(=O)CCC3)cc1. The molecule has 1 aromatic carbocycles.